The van der Waals surface area contributed by atoms with E-state index in [4.69, 9.17) is 5.73 Å². The Kier molecular flexibility index (Phi) is 7.70. The number of anilines is 1. The van der Waals surface area contributed by atoms with Crippen molar-refractivity contribution < 1.29 is 5.11 Å². The van der Waals surface area contributed by atoms with Crippen molar-refractivity contribution in [2.45, 2.75) is 64.7 Å². The molecule has 0 spiro atoms. The van der Waals surface area contributed by atoms with Gasteiger partial charge in [0.15, 0.2) is 0 Å². The largest absolute Gasteiger partial charge is 0.507 e. The molecule has 4 N–H and O–H groups in total. The average Bonchev–Trinajstić information content (AvgIpc) is 3.28. The molecular formula is C25H34N4O. The Hall–Kier alpha value is -2.58. The molecule has 1 aromatic carbocycles. The van der Waals surface area contributed by atoms with Gasteiger partial charge in [-0.05, 0) is 61.4 Å². The lowest BCUT2D eigenvalue weighted by atomic mass is 9.87. The summed E-state index contributed by atoms with van der Waals surface area (Å²) in [6.45, 7) is 6.06. The van der Waals surface area contributed by atoms with Gasteiger partial charge in [-0.25, -0.2) is 4.98 Å². The molecule has 1 unspecified atom stereocenters. The predicted molar refractivity (Wildman–Crippen MR) is 122 cm³/mol. The number of hydrogen-bond acceptors (Lipinski definition) is 5. The first-order chi connectivity index (χ1) is 14.5. The SMILES string of the molecule is CCC1CCCC1.Cc1cccc(O)c1-c1cc(C2CCCNC2)c(C#N)c(N)n1. The average molecular weight is 407 g/mol. The number of phenols is 1. The minimum atomic E-state index is 0.175. The number of benzene rings is 1. The normalized spacial score (nSPS) is 19.0. The lowest BCUT2D eigenvalue weighted by Gasteiger charge is -2.25. The molecule has 30 heavy (non-hydrogen) atoms. The van der Waals surface area contributed by atoms with E-state index >= 15 is 0 Å². The van der Waals surface area contributed by atoms with Crippen LogP contribution in [0.3, 0.4) is 0 Å². The first-order valence-corrected chi connectivity index (χ1v) is 11.2. The Labute approximate surface area is 180 Å². The molecule has 5 heteroatoms. The van der Waals surface area contributed by atoms with Crippen LogP contribution in [-0.4, -0.2) is 23.2 Å². The Morgan fingerprint density at radius 3 is 2.57 bits per heavy atom. The molecule has 0 radical (unpaired) electrons. The van der Waals surface area contributed by atoms with Gasteiger partial charge in [-0.15, -0.1) is 0 Å². The molecule has 4 rings (SSSR count). The molecule has 5 nitrogen and oxygen atoms in total. The number of piperidine rings is 1. The van der Waals surface area contributed by atoms with E-state index in [9.17, 15) is 10.4 Å². The highest BCUT2D eigenvalue weighted by Gasteiger charge is 2.23. The Balaban J connectivity index is 0.000000310. The van der Waals surface area contributed by atoms with Gasteiger partial charge < -0.3 is 16.2 Å². The quantitative estimate of drug-likeness (QED) is 0.645. The summed E-state index contributed by atoms with van der Waals surface area (Å²) in [6.07, 6.45) is 9.52. The van der Waals surface area contributed by atoms with Crippen LogP contribution in [0, 0.1) is 24.2 Å². The smallest absolute Gasteiger partial charge is 0.142 e. The van der Waals surface area contributed by atoms with Crippen LogP contribution in [0.25, 0.3) is 11.3 Å². The molecule has 2 aliphatic rings. The summed E-state index contributed by atoms with van der Waals surface area (Å²) in [7, 11) is 0. The summed E-state index contributed by atoms with van der Waals surface area (Å²) in [4.78, 5) is 4.37. The third-order valence-electron chi connectivity index (χ3n) is 6.49. The second kappa shape index (κ2) is 10.4. The standard InChI is InChI=1S/C18H20N4O.C7H14/c1-11-4-2-6-16(23)17(11)15-8-13(12-5-3-7-21-10-12)14(9-19)18(20)22-15;1-2-7-5-3-4-6-7/h2,4,6,8,12,21,23H,3,5,7,10H2,1H3,(H2,20,22);7H,2-6H2,1H3. The van der Waals surface area contributed by atoms with E-state index in [1.165, 1.54) is 32.1 Å². The molecule has 2 fully saturated rings. The number of phenolic OH excluding ortho intramolecular Hbond substituents is 1. The number of nitrogens with two attached hydrogens (primary N) is 1. The van der Waals surface area contributed by atoms with Crippen LogP contribution in [0.5, 0.6) is 5.75 Å². The summed E-state index contributed by atoms with van der Waals surface area (Å²) in [5.74, 6) is 1.75. The van der Waals surface area contributed by atoms with Crippen molar-refractivity contribution in [1.82, 2.24) is 10.3 Å². The third-order valence-corrected chi connectivity index (χ3v) is 6.49. The molecule has 2 aromatic rings. The molecule has 1 atom stereocenters. The maximum Gasteiger partial charge on any atom is 0.142 e. The number of nitrogens with one attached hydrogen (secondary N) is 1. The first kappa shape index (κ1) is 22.1. The minimum Gasteiger partial charge on any atom is -0.507 e. The minimum absolute atomic E-state index is 0.175. The van der Waals surface area contributed by atoms with Crippen LogP contribution in [-0.2, 0) is 0 Å². The first-order valence-electron chi connectivity index (χ1n) is 11.2. The van der Waals surface area contributed by atoms with E-state index in [1.54, 1.807) is 12.1 Å². The summed E-state index contributed by atoms with van der Waals surface area (Å²) < 4.78 is 0. The van der Waals surface area contributed by atoms with Crippen molar-refractivity contribution in [2.24, 2.45) is 5.92 Å². The number of nitrogen functional groups attached to an aromatic ring is 1. The molecule has 1 saturated carbocycles. The highest BCUT2D eigenvalue weighted by Crippen LogP contribution is 2.36. The molecule has 1 aliphatic heterocycles. The number of pyridine rings is 1. The Morgan fingerprint density at radius 2 is 2.00 bits per heavy atom. The van der Waals surface area contributed by atoms with E-state index in [1.807, 2.05) is 19.1 Å². The number of aryl methyl sites for hydroxylation is 1. The van der Waals surface area contributed by atoms with Gasteiger partial charge in [-0.2, -0.15) is 5.26 Å². The Bertz CT molecular complexity index is 871. The van der Waals surface area contributed by atoms with Gasteiger partial charge in [0.2, 0.25) is 0 Å². The van der Waals surface area contributed by atoms with Gasteiger partial charge in [0, 0.05) is 12.1 Å². The highest BCUT2D eigenvalue weighted by molar-refractivity contribution is 5.74. The van der Waals surface area contributed by atoms with E-state index in [-0.39, 0.29) is 17.5 Å². The van der Waals surface area contributed by atoms with Crippen molar-refractivity contribution in [1.29, 1.82) is 5.26 Å². The van der Waals surface area contributed by atoms with E-state index in [0.29, 0.717) is 16.8 Å². The van der Waals surface area contributed by atoms with Crippen LogP contribution in [0.1, 0.15) is 74.5 Å². The summed E-state index contributed by atoms with van der Waals surface area (Å²) in [5.41, 5.74) is 9.64. The van der Waals surface area contributed by atoms with Crippen LogP contribution in [0.2, 0.25) is 0 Å². The van der Waals surface area contributed by atoms with Crippen molar-refractivity contribution in [2.75, 3.05) is 18.8 Å². The van der Waals surface area contributed by atoms with Gasteiger partial charge in [-0.1, -0.05) is 51.2 Å². The summed E-state index contributed by atoms with van der Waals surface area (Å²) in [5, 5.41) is 23.0. The zero-order valence-corrected chi connectivity index (χ0v) is 18.2. The molecule has 0 bridgehead atoms. The molecule has 2 heterocycles. The fourth-order valence-electron chi connectivity index (χ4n) is 4.68. The maximum atomic E-state index is 10.2. The molecular weight excluding hydrogens is 372 g/mol. The van der Waals surface area contributed by atoms with Gasteiger partial charge in [-0.3, -0.25) is 0 Å². The van der Waals surface area contributed by atoms with Crippen LogP contribution in [0.15, 0.2) is 24.3 Å². The van der Waals surface area contributed by atoms with E-state index < -0.39 is 0 Å². The van der Waals surface area contributed by atoms with Crippen molar-refractivity contribution in [3.63, 3.8) is 0 Å². The van der Waals surface area contributed by atoms with Crippen molar-refractivity contribution >= 4 is 5.82 Å². The van der Waals surface area contributed by atoms with Crippen LogP contribution in [0.4, 0.5) is 5.82 Å². The third kappa shape index (κ3) is 5.12. The number of rotatable bonds is 3. The fraction of sp³-hybridized carbons (Fsp3) is 0.520. The van der Waals surface area contributed by atoms with Gasteiger partial charge >= 0.3 is 0 Å². The molecule has 1 saturated heterocycles. The molecule has 1 aromatic heterocycles. The van der Waals surface area contributed by atoms with Gasteiger partial charge in [0.1, 0.15) is 17.6 Å². The fourth-order valence-corrected chi connectivity index (χ4v) is 4.68. The monoisotopic (exact) mass is 406 g/mol. The lowest BCUT2D eigenvalue weighted by molar-refractivity contribution is 0.461. The number of hydrogen-bond donors (Lipinski definition) is 3. The van der Waals surface area contributed by atoms with Crippen molar-refractivity contribution in [3.05, 3.63) is 41.0 Å². The zero-order chi connectivity index (χ0) is 21.5. The predicted octanol–water partition coefficient (Wildman–Crippen LogP) is 5.27. The maximum absolute atomic E-state index is 10.2. The highest BCUT2D eigenvalue weighted by atomic mass is 16.3. The zero-order valence-electron chi connectivity index (χ0n) is 18.2. The van der Waals surface area contributed by atoms with E-state index in [0.717, 1.165) is 43.0 Å². The number of aromatic hydroxyl groups is 1. The van der Waals surface area contributed by atoms with Crippen LogP contribution < -0.4 is 11.1 Å². The summed E-state index contributed by atoms with van der Waals surface area (Å²) in [6, 6.07) is 9.46. The Morgan fingerprint density at radius 1 is 1.23 bits per heavy atom. The molecule has 1 aliphatic carbocycles. The molecule has 0 amide bonds. The van der Waals surface area contributed by atoms with Crippen molar-refractivity contribution in [3.8, 4) is 23.1 Å². The summed E-state index contributed by atoms with van der Waals surface area (Å²) >= 11 is 0. The second-order valence-corrected chi connectivity index (χ2v) is 8.54. The second-order valence-electron chi connectivity index (χ2n) is 8.54. The number of aromatic nitrogens is 1. The lowest BCUT2D eigenvalue weighted by Crippen LogP contribution is -2.29. The number of nitriles is 1. The molecule has 160 valence electrons. The topological polar surface area (TPSA) is 95.0 Å². The van der Waals surface area contributed by atoms with Gasteiger partial charge in [0.25, 0.3) is 0 Å². The number of nitrogens with zero attached hydrogens (tertiary/aromatic N) is 2. The van der Waals surface area contributed by atoms with Crippen LogP contribution >= 0.6 is 0 Å². The van der Waals surface area contributed by atoms with E-state index in [2.05, 4.69) is 23.3 Å². The van der Waals surface area contributed by atoms with Gasteiger partial charge in [0.05, 0.1) is 11.3 Å².